The van der Waals surface area contributed by atoms with Gasteiger partial charge in [-0.3, -0.25) is 4.79 Å². The van der Waals surface area contributed by atoms with Gasteiger partial charge in [-0.1, -0.05) is 0 Å². The average Bonchev–Trinajstić information content (AvgIpc) is 3.03. The molecule has 1 fully saturated rings. The number of hydrogen-bond acceptors (Lipinski definition) is 7. The highest BCUT2D eigenvalue weighted by molar-refractivity contribution is 7.15. The molecule has 7 nitrogen and oxygen atoms in total. The summed E-state index contributed by atoms with van der Waals surface area (Å²) in [4.78, 5) is 28.7. The Kier molecular flexibility index (Phi) is 4.98. The Morgan fingerprint density at radius 2 is 1.89 bits per heavy atom. The van der Waals surface area contributed by atoms with E-state index in [4.69, 9.17) is 0 Å². The molecular weight excluding hydrogens is 360 g/mol. The van der Waals surface area contributed by atoms with E-state index in [0.29, 0.717) is 12.5 Å². The molecule has 0 aliphatic carbocycles. The van der Waals surface area contributed by atoms with Gasteiger partial charge < -0.3 is 4.90 Å². The Morgan fingerprint density at radius 1 is 1.15 bits per heavy atom. The van der Waals surface area contributed by atoms with Crippen LogP contribution in [0.4, 0.5) is 5.95 Å². The van der Waals surface area contributed by atoms with Gasteiger partial charge in [-0.05, 0) is 44.7 Å². The van der Waals surface area contributed by atoms with E-state index in [0.717, 1.165) is 53.2 Å². The Hall–Kier alpha value is -2.61. The number of rotatable bonds is 4. The molecule has 0 unspecified atom stereocenters. The van der Waals surface area contributed by atoms with E-state index >= 15 is 0 Å². The van der Waals surface area contributed by atoms with Gasteiger partial charge in [0.05, 0.1) is 15.6 Å². The average molecular weight is 382 g/mol. The summed E-state index contributed by atoms with van der Waals surface area (Å²) < 4.78 is 1.61. The molecule has 1 aliphatic heterocycles. The Morgan fingerprint density at radius 3 is 2.56 bits per heavy atom. The van der Waals surface area contributed by atoms with Crippen LogP contribution in [0.3, 0.4) is 0 Å². The van der Waals surface area contributed by atoms with Crippen molar-refractivity contribution in [2.45, 2.75) is 33.2 Å². The summed E-state index contributed by atoms with van der Waals surface area (Å²) in [5.41, 5.74) is 1.74. The van der Waals surface area contributed by atoms with Crippen LogP contribution in [-0.2, 0) is 6.54 Å². The van der Waals surface area contributed by atoms with Gasteiger partial charge in [-0.25, -0.2) is 19.6 Å². The van der Waals surface area contributed by atoms with Crippen molar-refractivity contribution in [2.24, 2.45) is 5.92 Å². The number of piperidine rings is 1. The van der Waals surface area contributed by atoms with Gasteiger partial charge in [0, 0.05) is 38.1 Å². The van der Waals surface area contributed by atoms with Crippen LogP contribution < -0.4 is 10.5 Å². The lowest BCUT2D eigenvalue weighted by atomic mass is 9.97. The molecule has 0 atom stereocenters. The van der Waals surface area contributed by atoms with Crippen LogP contribution in [0.15, 0.2) is 35.4 Å². The molecule has 27 heavy (non-hydrogen) atoms. The maximum Gasteiger partial charge on any atom is 0.266 e. The van der Waals surface area contributed by atoms with Crippen molar-refractivity contribution < 1.29 is 0 Å². The molecule has 1 aliphatic rings. The normalized spacial score (nSPS) is 15.3. The minimum Gasteiger partial charge on any atom is -0.341 e. The quantitative estimate of drug-likeness (QED) is 0.690. The van der Waals surface area contributed by atoms with Crippen LogP contribution in [0.25, 0.3) is 10.6 Å². The van der Waals surface area contributed by atoms with Gasteiger partial charge >= 0.3 is 0 Å². The Balaban J connectivity index is 1.46. The van der Waals surface area contributed by atoms with Gasteiger partial charge in [0.25, 0.3) is 5.56 Å². The van der Waals surface area contributed by atoms with E-state index < -0.39 is 0 Å². The highest BCUT2D eigenvalue weighted by atomic mass is 32.1. The highest BCUT2D eigenvalue weighted by Gasteiger charge is 2.22. The van der Waals surface area contributed by atoms with Crippen molar-refractivity contribution >= 4 is 17.3 Å². The van der Waals surface area contributed by atoms with Gasteiger partial charge in [0.15, 0.2) is 0 Å². The number of aryl methyl sites for hydroxylation is 2. The molecule has 4 heterocycles. The molecule has 140 valence electrons. The summed E-state index contributed by atoms with van der Waals surface area (Å²) in [5.74, 6) is 1.21. The predicted molar refractivity (Wildman–Crippen MR) is 106 cm³/mol. The first-order chi connectivity index (χ1) is 13.1. The van der Waals surface area contributed by atoms with Crippen LogP contribution in [-0.4, -0.2) is 37.8 Å². The molecule has 0 bridgehead atoms. The zero-order valence-electron chi connectivity index (χ0n) is 15.5. The third kappa shape index (κ3) is 3.90. The molecule has 3 aromatic heterocycles. The van der Waals surface area contributed by atoms with E-state index in [2.05, 4.69) is 25.0 Å². The van der Waals surface area contributed by atoms with E-state index in [9.17, 15) is 4.79 Å². The van der Waals surface area contributed by atoms with Crippen molar-refractivity contribution in [1.82, 2.24) is 24.7 Å². The van der Waals surface area contributed by atoms with Gasteiger partial charge in [0.2, 0.25) is 5.95 Å². The van der Waals surface area contributed by atoms with Gasteiger partial charge in [-0.15, -0.1) is 11.3 Å². The zero-order valence-corrected chi connectivity index (χ0v) is 16.3. The summed E-state index contributed by atoms with van der Waals surface area (Å²) in [6.45, 7) is 6.41. The number of thiazole rings is 1. The van der Waals surface area contributed by atoms with E-state index in [1.54, 1.807) is 40.5 Å². The molecule has 4 rings (SSSR count). The molecule has 0 amide bonds. The van der Waals surface area contributed by atoms with E-state index in [1.807, 2.05) is 19.9 Å². The largest absolute Gasteiger partial charge is 0.341 e. The topological polar surface area (TPSA) is 76.8 Å². The zero-order chi connectivity index (χ0) is 18.8. The third-order valence-electron chi connectivity index (χ3n) is 4.88. The first-order valence-electron chi connectivity index (χ1n) is 9.14. The first-order valence-corrected chi connectivity index (χ1v) is 9.96. The third-order valence-corrected chi connectivity index (χ3v) is 5.98. The molecule has 1 saturated heterocycles. The summed E-state index contributed by atoms with van der Waals surface area (Å²) in [6, 6.07) is 5.24. The maximum absolute atomic E-state index is 12.3. The summed E-state index contributed by atoms with van der Waals surface area (Å²) in [7, 11) is 0. The second kappa shape index (κ2) is 7.56. The predicted octanol–water partition coefficient (Wildman–Crippen LogP) is 2.69. The van der Waals surface area contributed by atoms with Crippen molar-refractivity contribution in [3.8, 4) is 10.6 Å². The molecule has 0 radical (unpaired) electrons. The van der Waals surface area contributed by atoms with Crippen LogP contribution in [0.2, 0.25) is 0 Å². The second-order valence-corrected chi connectivity index (χ2v) is 8.07. The van der Waals surface area contributed by atoms with Gasteiger partial charge in [0.1, 0.15) is 5.69 Å². The fraction of sp³-hybridized carbons (Fsp3) is 0.421. The smallest absolute Gasteiger partial charge is 0.266 e. The highest BCUT2D eigenvalue weighted by Crippen LogP contribution is 2.27. The number of anilines is 1. The molecular formula is C19H22N6OS. The van der Waals surface area contributed by atoms with Crippen LogP contribution in [0, 0.1) is 19.8 Å². The van der Waals surface area contributed by atoms with Crippen molar-refractivity contribution in [3.05, 3.63) is 51.6 Å². The van der Waals surface area contributed by atoms with Gasteiger partial charge in [-0.2, -0.15) is 5.10 Å². The van der Waals surface area contributed by atoms with Crippen molar-refractivity contribution in [3.63, 3.8) is 0 Å². The fourth-order valence-electron chi connectivity index (χ4n) is 3.48. The van der Waals surface area contributed by atoms with Crippen LogP contribution in [0.1, 0.15) is 23.5 Å². The number of hydrogen-bond donors (Lipinski definition) is 0. The summed E-state index contributed by atoms with van der Waals surface area (Å²) >= 11 is 1.62. The maximum atomic E-state index is 12.3. The fourth-order valence-corrected chi connectivity index (χ4v) is 4.37. The van der Waals surface area contributed by atoms with Crippen molar-refractivity contribution in [1.29, 1.82) is 0 Å². The minimum absolute atomic E-state index is 0.0496. The van der Waals surface area contributed by atoms with Crippen LogP contribution >= 0.6 is 11.3 Å². The first kappa shape index (κ1) is 17.8. The molecule has 3 aromatic rings. The second-order valence-electron chi connectivity index (χ2n) is 6.87. The lowest BCUT2D eigenvalue weighted by molar-refractivity contribution is 0.334. The van der Waals surface area contributed by atoms with Crippen molar-refractivity contribution in [2.75, 3.05) is 18.0 Å². The molecule has 0 saturated carbocycles. The monoisotopic (exact) mass is 382 g/mol. The molecule has 0 aromatic carbocycles. The van der Waals surface area contributed by atoms with E-state index in [-0.39, 0.29) is 5.56 Å². The summed E-state index contributed by atoms with van der Waals surface area (Å²) in [6.07, 6.45) is 5.53. The Bertz CT molecular complexity index is 975. The molecule has 8 heteroatoms. The van der Waals surface area contributed by atoms with E-state index in [1.165, 1.54) is 0 Å². The standard InChI is InChI=1S/C19H22N6OS/c1-13-18(27-14(2)22-13)16-4-5-17(26)25(23-16)12-15-6-10-24(11-7-15)19-20-8-3-9-21-19/h3-5,8-9,15H,6-7,10-12H2,1-2H3. The number of nitrogens with zero attached hydrogens (tertiary/aromatic N) is 6. The Labute approximate surface area is 161 Å². The molecule has 0 spiro atoms. The lowest BCUT2D eigenvalue weighted by Crippen LogP contribution is -2.37. The molecule has 0 N–H and O–H groups in total. The van der Waals surface area contributed by atoms with Crippen LogP contribution in [0.5, 0.6) is 0 Å². The minimum atomic E-state index is -0.0496. The lowest BCUT2D eigenvalue weighted by Gasteiger charge is -2.31. The summed E-state index contributed by atoms with van der Waals surface area (Å²) in [5, 5.41) is 5.64. The number of aromatic nitrogens is 5. The SMILES string of the molecule is Cc1nc(C)c(-c2ccc(=O)n(CC3CCN(c4ncccn4)CC3)n2)s1.